The number of nitrogens with zero attached hydrogens (tertiary/aromatic N) is 2. The third-order valence-corrected chi connectivity index (χ3v) is 3.77. The molecule has 0 saturated heterocycles. The molecule has 1 aromatic carbocycles. The zero-order valence-corrected chi connectivity index (χ0v) is 12.9. The molecule has 20 heavy (non-hydrogen) atoms. The maximum absolute atomic E-state index is 11.2. The summed E-state index contributed by atoms with van der Waals surface area (Å²) >= 11 is 6.04. The van der Waals surface area contributed by atoms with Crippen molar-refractivity contribution in [1.82, 2.24) is 9.97 Å². The van der Waals surface area contributed by atoms with Gasteiger partial charge in [0.25, 0.3) is 0 Å². The Kier molecular flexibility index (Phi) is 5.09. The molecule has 1 N–H and O–H groups in total. The normalized spacial score (nSPS) is 13.8. The highest BCUT2D eigenvalue weighted by Gasteiger charge is 2.09. The van der Waals surface area contributed by atoms with Gasteiger partial charge in [-0.1, -0.05) is 41.9 Å². The molecule has 2 unspecified atom stereocenters. The van der Waals surface area contributed by atoms with Crippen LogP contribution in [0.3, 0.4) is 0 Å². The van der Waals surface area contributed by atoms with Crippen molar-refractivity contribution in [3.05, 3.63) is 41.6 Å². The molecule has 1 aromatic heterocycles. The van der Waals surface area contributed by atoms with E-state index in [4.69, 9.17) is 11.6 Å². The van der Waals surface area contributed by atoms with Gasteiger partial charge in [0.15, 0.2) is 5.82 Å². The van der Waals surface area contributed by atoms with E-state index in [1.165, 1.54) is 0 Å². The number of anilines is 1. The minimum Gasteiger partial charge on any atom is -0.367 e. The van der Waals surface area contributed by atoms with E-state index in [2.05, 4.69) is 15.3 Å². The van der Waals surface area contributed by atoms with Crippen molar-refractivity contribution in [3.8, 4) is 11.4 Å². The molecule has 0 amide bonds. The summed E-state index contributed by atoms with van der Waals surface area (Å²) in [6.45, 7) is 1.96. The van der Waals surface area contributed by atoms with Gasteiger partial charge in [-0.3, -0.25) is 4.21 Å². The second-order valence-electron chi connectivity index (χ2n) is 4.55. The fraction of sp³-hybridized carbons (Fsp3) is 0.286. The third kappa shape index (κ3) is 4.28. The number of hydrogen-bond donors (Lipinski definition) is 1. The summed E-state index contributed by atoms with van der Waals surface area (Å²) in [6, 6.07) is 11.4. The van der Waals surface area contributed by atoms with E-state index in [9.17, 15) is 4.21 Å². The van der Waals surface area contributed by atoms with Crippen molar-refractivity contribution in [2.24, 2.45) is 0 Å². The van der Waals surface area contributed by atoms with Gasteiger partial charge in [0.05, 0.1) is 0 Å². The summed E-state index contributed by atoms with van der Waals surface area (Å²) < 4.78 is 11.2. The van der Waals surface area contributed by atoms with Gasteiger partial charge in [0.2, 0.25) is 0 Å². The number of benzene rings is 1. The monoisotopic (exact) mass is 309 g/mol. The van der Waals surface area contributed by atoms with Crippen LogP contribution in [0.15, 0.2) is 36.4 Å². The highest BCUT2D eigenvalue weighted by Crippen LogP contribution is 2.20. The quantitative estimate of drug-likeness (QED) is 0.863. The fourth-order valence-electron chi connectivity index (χ4n) is 1.85. The average molecular weight is 310 g/mol. The van der Waals surface area contributed by atoms with Gasteiger partial charge in [-0.05, 0) is 6.92 Å². The first-order valence-electron chi connectivity index (χ1n) is 6.21. The molecular formula is C14H16ClN3OS. The molecule has 106 valence electrons. The van der Waals surface area contributed by atoms with Crippen molar-refractivity contribution < 1.29 is 4.21 Å². The Labute approximate surface area is 126 Å². The molecule has 2 atom stereocenters. The van der Waals surface area contributed by atoms with E-state index in [0.717, 1.165) is 5.56 Å². The topological polar surface area (TPSA) is 54.9 Å². The molecule has 6 heteroatoms. The van der Waals surface area contributed by atoms with Crippen LogP contribution in [0.2, 0.25) is 5.15 Å². The lowest BCUT2D eigenvalue weighted by Gasteiger charge is -2.14. The maximum atomic E-state index is 11.2. The zero-order chi connectivity index (χ0) is 14.5. The van der Waals surface area contributed by atoms with Crippen LogP contribution >= 0.6 is 11.6 Å². The Hall–Kier alpha value is -1.46. The Morgan fingerprint density at radius 1 is 1.30 bits per heavy atom. The van der Waals surface area contributed by atoms with Gasteiger partial charge in [-0.2, -0.15) is 0 Å². The van der Waals surface area contributed by atoms with Crippen molar-refractivity contribution in [2.75, 3.05) is 17.3 Å². The van der Waals surface area contributed by atoms with Crippen LogP contribution in [-0.4, -0.2) is 32.2 Å². The predicted molar refractivity (Wildman–Crippen MR) is 84.5 cm³/mol. The van der Waals surface area contributed by atoms with Crippen LogP contribution in [-0.2, 0) is 10.8 Å². The maximum Gasteiger partial charge on any atom is 0.163 e. The van der Waals surface area contributed by atoms with Gasteiger partial charge >= 0.3 is 0 Å². The molecule has 0 bridgehead atoms. The minimum absolute atomic E-state index is 0.0513. The summed E-state index contributed by atoms with van der Waals surface area (Å²) in [5.74, 6) is 1.77. The summed E-state index contributed by atoms with van der Waals surface area (Å²) in [7, 11) is -0.855. The first kappa shape index (κ1) is 14.9. The number of aromatic nitrogens is 2. The van der Waals surface area contributed by atoms with Crippen molar-refractivity contribution in [2.45, 2.75) is 13.0 Å². The van der Waals surface area contributed by atoms with E-state index in [1.807, 2.05) is 37.3 Å². The van der Waals surface area contributed by atoms with Crippen molar-refractivity contribution >= 4 is 28.2 Å². The minimum atomic E-state index is -0.855. The lowest BCUT2D eigenvalue weighted by atomic mass is 10.2. The van der Waals surface area contributed by atoms with Crippen molar-refractivity contribution in [1.29, 1.82) is 0 Å². The predicted octanol–water partition coefficient (Wildman–Crippen LogP) is 2.98. The average Bonchev–Trinajstić information content (AvgIpc) is 2.38. The number of halogens is 1. The lowest BCUT2D eigenvalue weighted by molar-refractivity contribution is 0.683. The molecule has 0 aliphatic carbocycles. The molecule has 2 rings (SSSR count). The molecule has 0 fully saturated rings. The van der Waals surface area contributed by atoms with E-state index in [0.29, 0.717) is 22.5 Å². The summed E-state index contributed by atoms with van der Waals surface area (Å²) in [6.07, 6.45) is 1.68. The van der Waals surface area contributed by atoms with Gasteiger partial charge in [0, 0.05) is 40.5 Å². The smallest absolute Gasteiger partial charge is 0.163 e. The molecule has 0 saturated carbocycles. The van der Waals surface area contributed by atoms with E-state index < -0.39 is 10.8 Å². The van der Waals surface area contributed by atoms with Gasteiger partial charge in [0.1, 0.15) is 11.0 Å². The summed E-state index contributed by atoms with van der Waals surface area (Å²) in [4.78, 5) is 8.67. The molecule has 1 heterocycles. The van der Waals surface area contributed by atoms with Gasteiger partial charge in [-0.25, -0.2) is 9.97 Å². The summed E-state index contributed by atoms with van der Waals surface area (Å²) in [5.41, 5.74) is 0.907. The van der Waals surface area contributed by atoms with Crippen LogP contribution in [0.25, 0.3) is 11.4 Å². The Balaban J connectivity index is 2.23. The first-order chi connectivity index (χ1) is 9.54. The Morgan fingerprint density at radius 2 is 2.00 bits per heavy atom. The Morgan fingerprint density at radius 3 is 2.65 bits per heavy atom. The molecule has 0 aliphatic rings. The standard InChI is InChI=1S/C14H16ClN3OS/c1-10(9-20(2)19)16-13-8-12(15)17-14(18-13)11-6-4-3-5-7-11/h3-8,10H,9H2,1-2H3,(H,16,17,18). The SMILES string of the molecule is CC(CS(C)=O)Nc1cc(Cl)nc(-c2ccccc2)n1. The van der Waals surface area contributed by atoms with Gasteiger partial charge < -0.3 is 5.32 Å². The van der Waals surface area contributed by atoms with Crippen LogP contribution in [0.4, 0.5) is 5.82 Å². The molecular weight excluding hydrogens is 294 g/mol. The molecule has 2 aromatic rings. The van der Waals surface area contributed by atoms with Crippen LogP contribution in [0.1, 0.15) is 6.92 Å². The largest absolute Gasteiger partial charge is 0.367 e. The van der Waals surface area contributed by atoms with Crippen LogP contribution in [0, 0.1) is 0 Å². The van der Waals surface area contributed by atoms with E-state index in [1.54, 1.807) is 12.3 Å². The number of hydrogen-bond acceptors (Lipinski definition) is 4. The second-order valence-corrected chi connectivity index (χ2v) is 6.42. The first-order valence-corrected chi connectivity index (χ1v) is 8.31. The van der Waals surface area contributed by atoms with Crippen molar-refractivity contribution in [3.63, 3.8) is 0 Å². The van der Waals surface area contributed by atoms with Crippen LogP contribution < -0.4 is 5.32 Å². The molecule has 0 radical (unpaired) electrons. The molecule has 0 spiro atoms. The number of nitrogens with one attached hydrogen (secondary N) is 1. The lowest BCUT2D eigenvalue weighted by Crippen LogP contribution is -2.23. The number of rotatable bonds is 5. The van der Waals surface area contributed by atoms with Gasteiger partial charge in [-0.15, -0.1) is 0 Å². The summed E-state index contributed by atoms with van der Waals surface area (Å²) in [5, 5.41) is 3.58. The highest BCUT2D eigenvalue weighted by atomic mass is 35.5. The molecule has 4 nitrogen and oxygen atoms in total. The third-order valence-electron chi connectivity index (χ3n) is 2.61. The fourth-order valence-corrected chi connectivity index (χ4v) is 2.82. The Bertz CT molecular complexity index is 607. The van der Waals surface area contributed by atoms with E-state index >= 15 is 0 Å². The molecule has 0 aliphatic heterocycles. The second kappa shape index (κ2) is 6.81. The zero-order valence-electron chi connectivity index (χ0n) is 11.3. The van der Waals surface area contributed by atoms with E-state index in [-0.39, 0.29) is 6.04 Å². The highest BCUT2D eigenvalue weighted by molar-refractivity contribution is 7.84. The van der Waals surface area contributed by atoms with Crippen LogP contribution in [0.5, 0.6) is 0 Å².